The van der Waals surface area contributed by atoms with Crippen LogP contribution in [0.1, 0.15) is 16.1 Å². The zero-order valence-corrected chi connectivity index (χ0v) is 10.1. The van der Waals surface area contributed by atoms with E-state index in [0.29, 0.717) is 6.04 Å². The Morgan fingerprint density at radius 2 is 2.50 bits per heavy atom. The molecule has 1 aliphatic heterocycles. The van der Waals surface area contributed by atoms with Crippen LogP contribution in [-0.2, 0) is 0 Å². The molecule has 0 bridgehead atoms. The first-order valence-corrected chi connectivity index (χ1v) is 6.90. The average molecular weight is 245 g/mol. The molecule has 2 heterocycles. The molecule has 0 aliphatic carbocycles. The molecule has 1 saturated heterocycles. The van der Waals surface area contributed by atoms with Gasteiger partial charge >= 0.3 is 0 Å². The van der Waals surface area contributed by atoms with E-state index in [1.165, 1.54) is 11.3 Å². The average Bonchev–Trinajstić information content (AvgIpc) is 2.75. The Bertz CT molecular complexity index is 331. The largest absolute Gasteiger partial charge is 0.348 e. The number of nitrogens with one attached hydrogen (secondary N) is 1. The van der Waals surface area contributed by atoms with Crippen LogP contribution < -0.4 is 5.32 Å². The molecule has 1 aromatic heterocycles. The lowest BCUT2D eigenvalue weighted by Crippen LogP contribution is -2.34. The molecular weight excluding hydrogens is 234 g/mol. The summed E-state index contributed by atoms with van der Waals surface area (Å²) in [6.07, 6.45) is 1.09. The van der Waals surface area contributed by atoms with Gasteiger partial charge in [0.1, 0.15) is 0 Å². The highest BCUT2D eigenvalue weighted by Crippen LogP contribution is 2.20. The van der Waals surface area contributed by atoms with Crippen LogP contribution >= 0.6 is 35.7 Å². The van der Waals surface area contributed by atoms with Crippen LogP contribution in [0.25, 0.3) is 0 Å². The molecule has 76 valence electrons. The first-order chi connectivity index (χ1) is 6.75. The van der Waals surface area contributed by atoms with Crippen molar-refractivity contribution in [1.82, 2.24) is 5.32 Å². The highest BCUT2D eigenvalue weighted by atomic mass is 32.2. The molecule has 1 aromatic rings. The van der Waals surface area contributed by atoms with E-state index in [1.807, 2.05) is 23.2 Å². The highest BCUT2D eigenvalue weighted by Gasteiger charge is 2.18. The van der Waals surface area contributed by atoms with Gasteiger partial charge in [-0.15, -0.1) is 24.0 Å². The van der Waals surface area contributed by atoms with Gasteiger partial charge in [0.2, 0.25) is 0 Å². The van der Waals surface area contributed by atoms with E-state index in [2.05, 4.69) is 17.9 Å². The molecule has 0 spiro atoms. The van der Waals surface area contributed by atoms with E-state index in [1.54, 1.807) is 0 Å². The van der Waals surface area contributed by atoms with Crippen LogP contribution in [0.3, 0.4) is 0 Å². The summed E-state index contributed by atoms with van der Waals surface area (Å²) in [4.78, 5) is 13.3. The van der Waals surface area contributed by atoms with Gasteiger partial charge in [0.15, 0.2) is 0 Å². The monoisotopic (exact) mass is 245 g/mol. The summed E-state index contributed by atoms with van der Waals surface area (Å²) in [6.45, 7) is 0. The van der Waals surface area contributed by atoms with Crippen LogP contribution in [0.15, 0.2) is 16.3 Å². The van der Waals surface area contributed by atoms with Gasteiger partial charge in [-0.3, -0.25) is 4.79 Å². The summed E-state index contributed by atoms with van der Waals surface area (Å²) >= 11 is 7.52. The normalized spacial score (nSPS) is 21.1. The molecule has 1 N–H and O–H groups in total. The molecule has 14 heavy (non-hydrogen) atoms. The fourth-order valence-corrected chi connectivity index (χ4v) is 3.55. The van der Waals surface area contributed by atoms with Crippen molar-refractivity contribution < 1.29 is 4.79 Å². The van der Waals surface area contributed by atoms with Crippen LogP contribution in [-0.4, -0.2) is 23.5 Å². The van der Waals surface area contributed by atoms with Gasteiger partial charge in [-0.05, 0) is 18.2 Å². The second kappa shape index (κ2) is 4.59. The summed E-state index contributed by atoms with van der Waals surface area (Å²) in [5.74, 6) is 2.25. The minimum Gasteiger partial charge on any atom is -0.348 e. The van der Waals surface area contributed by atoms with Gasteiger partial charge in [0, 0.05) is 22.1 Å². The Labute approximate surface area is 96.9 Å². The quantitative estimate of drug-likeness (QED) is 0.783. The van der Waals surface area contributed by atoms with Crippen molar-refractivity contribution >= 4 is 41.6 Å². The van der Waals surface area contributed by atoms with Crippen LogP contribution in [0, 0.1) is 0 Å². The zero-order chi connectivity index (χ0) is 9.97. The molecule has 0 aromatic carbocycles. The second-order valence-corrected chi connectivity index (χ2v) is 5.78. The van der Waals surface area contributed by atoms with E-state index in [0.717, 1.165) is 27.7 Å². The maximum absolute atomic E-state index is 11.7. The van der Waals surface area contributed by atoms with E-state index in [-0.39, 0.29) is 5.91 Å². The van der Waals surface area contributed by atoms with Crippen LogP contribution in [0.4, 0.5) is 0 Å². The Morgan fingerprint density at radius 3 is 3.07 bits per heavy atom. The summed E-state index contributed by atoms with van der Waals surface area (Å²) in [6, 6.07) is 2.17. The minimum absolute atomic E-state index is 0.0443. The van der Waals surface area contributed by atoms with Crippen LogP contribution in [0.2, 0.25) is 0 Å². The Morgan fingerprint density at radius 1 is 1.64 bits per heavy atom. The summed E-state index contributed by atoms with van der Waals surface area (Å²) in [5.41, 5.74) is 0. The van der Waals surface area contributed by atoms with Crippen molar-refractivity contribution in [2.45, 2.75) is 17.4 Å². The topological polar surface area (TPSA) is 29.1 Å². The molecule has 1 fully saturated rings. The standard InChI is InChI=1S/C9H11NOS3/c11-9(8-3-7(12)5-14-8)10-6-1-2-13-4-6/h3,5-6,12H,1-2,4H2,(H,10,11). The first-order valence-electron chi connectivity index (χ1n) is 4.42. The SMILES string of the molecule is O=C(NC1CCSC1)c1cc(S)cs1. The number of thioether (sulfide) groups is 1. The van der Waals surface area contributed by atoms with E-state index in [9.17, 15) is 4.79 Å². The molecule has 0 radical (unpaired) electrons. The third-order valence-corrected chi connectivity index (χ3v) is 4.60. The molecule has 1 atom stereocenters. The Hall–Kier alpha value is -0.130. The molecular formula is C9H11NOS3. The number of thiol groups is 1. The smallest absolute Gasteiger partial charge is 0.261 e. The molecule has 2 nitrogen and oxygen atoms in total. The van der Waals surface area contributed by atoms with Crippen LogP contribution in [0.5, 0.6) is 0 Å². The molecule has 0 saturated carbocycles. The number of thiophene rings is 1. The van der Waals surface area contributed by atoms with Gasteiger partial charge in [-0.25, -0.2) is 0 Å². The zero-order valence-electron chi connectivity index (χ0n) is 7.53. The highest BCUT2D eigenvalue weighted by molar-refractivity contribution is 7.99. The molecule has 1 unspecified atom stereocenters. The predicted octanol–water partition coefficient (Wildman–Crippen LogP) is 2.27. The number of hydrogen-bond acceptors (Lipinski definition) is 4. The van der Waals surface area contributed by atoms with Crippen molar-refractivity contribution in [3.8, 4) is 0 Å². The Balaban J connectivity index is 1.95. The third kappa shape index (κ3) is 2.46. The first kappa shape index (κ1) is 10.4. The van der Waals surface area contributed by atoms with Crippen molar-refractivity contribution in [1.29, 1.82) is 0 Å². The fraction of sp³-hybridized carbons (Fsp3) is 0.444. The number of carbonyl (C=O) groups excluding carboxylic acids is 1. The predicted molar refractivity (Wildman–Crippen MR) is 64.8 cm³/mol. The summed E-state index contributed by atoms with van der Waals surface area (Å²) < 4.78 is 0. The maximum Gasteiger partial charge on any atom is 0.261 e. The number of carbonyl (C=O) groups is 1. The van der Waals surface area contributed by atoms with E-state index >= 15 is 0 Å². The molecule has 1 aliphatic rings. The van der Waals surface area contributed by atoms with Crippen molar-refractivity contribution in [3.05, 3.63) is 16.3 Å². The molecule has 5 heteroatoms. The number of rotatable bonds is 2. The summed E-state index contributed by atoms with van der Waals surface area (Å²) in [7, 11) is 0. The van der Waals surface area contributed by atoms with Gasteiger partial charge in [-0.2, -0.15) is 11.8 Å². The van der Waals surface area contributed by atoms with E-state index in [4.69, 9.17) is 0 Å². The van der Waals surface area contributed by atoms with Gasteiger partial charge in [0.25, 0.3) is 5.91 Å². The molecule has 1 amide bonds. The van der Waals surface area contributed by atoms with E-state index < -0.39 is 0 Å². The Kier molecular flexibility index (Phi) is 3.41. The second-order valence-electron chi connectivity index (χ2n) is 3.20. The number of amides is 1. The maximum atomic E-state index is 11.7. The lowest BCUT2D eigenvalue weighted by molar-refractivity contribution is 0.0945. The van der Waals surface area contributed by atoms with Gasteiger partial charge in [0.05, 0.1) is 4.88 Å². The summed E-state index contributed by atoms with van der Waals surface area (Å²) in [5, 5.41) is 4.90. The lowest BCUT2D eigenvalue weighted by atomic mass is 10.2. The van der Waals surface area contributed by atoms with Crippen molar-refractivity contribution in [2.24, 2.45) is 0 Å². The van der Waals surface area contributed by atoms with Crippen molar-refractivity contribution in [2.75, 3.05) is 11.5 Å². The van der Waals surface area contributed by atoms with Gasteiger partial charge < -0.3 is 5.32 Å². The fourth-order valence-electron chi connectivity index (χ4n) is 1.35. The molecule has 2 rings (SSSR count). The lowest BCUT2D eigenvalue weighted by Gasteiger charge is -2.09. The minimum atomic E-state index is 0.0443. The number of hydrogen-bond donors (Lipinski definition) is 2. The third-order valence-electron chi connectivity index (χ3n) is 2.07. The van der Waals surface area contributed by atoms with Gasteiger partial charge in [-0.1, -0.05) is 0 Å². The van der Waals surface area contributed by atoms with Crippen molar-refractivity contribution in [3.63, 3.8) is 0 Å².